The van der Waals surface area contributed by atoms with E-state index < -0.39 is 36.1 Å². The molecule has 0 bridgehead atoms. The second kappa shape index (κ2) is 4.82. The van der Waals surface area contributed by atoms with Gasteiger partial charge in [-0.3, -0.25) is 0 Å². The van der Waals surface area contributed by atoms with Gasteiger partial charge < -0.3 is 4.74 Å². The third-order valence-electron chi connectivity index (χ3n) is 1.48. The Hall–Kier alpha value is -0.190. The van der Waals surface area contributed by atoms with E-state index in [0.717, 1.165) is 0 Å². The SMILES string of the molecule is FC(F)(F)C(F)(F)C(F)(F)C(F)(F)OCCBr. The molecule has 1 nitrogen and oxygen atoms in total. The summed E-state index contributed by atoms with van der Waals surface area (Å²) in [6.45, 7) is -1.17. The summed E-state index contributed by atoms with van der Waals surface area (Å²) in [4.78, 5) is 0. The highest BCUT2D eigenvalue weighted by Crippen LogP contribution is 2.53. The van der Waals surface area contributed by atoms with E-state index in [0.29, 0.717) is 0 Å². The van der Waals surface area contributed by atoms with E-state index in [-0.39, 0.29) is 0 Å². The summed E-state index contributed by atoms with van der Waals surface area (Å²) in [5, 5.41) is -0.448. The Balaban J connectivity index is 5.24. The predicted octanol–water partition coefficient (Wildman–Crippen LogP) is 3.82. The summed E-state index contributed by atoms with van der Waals surface area (Å²) < 4.78 is 112. The summed E-state index contributed by atoms with van der Waals surface area (Å²) >= 11 is 2.45. The lowest BCUT2D eigenvalue weighted by Crippen LogP contribution is -2.61. The van der Waals surface area contributed by atoms with Crippen molar-refractivity contribution in [3.63, 3.8) is 0 Å². The van der Waals surface area contributed by atoms with Gasteiger partial charge in [0.2, 0.25) is 0 Å². The number of rotatable bonds is 5. The molecule has 0 aromatic carbocycles. The van der Waals surface area contributed by atoms with E-state index in [1.54, 1.807) is 0 Å². The van der Waals surface area contributed by atoms with E-state index in [1.165, 1.54) is 0 Å². The van der Waals surface area contributed by atoms with Gasteiger partial charge in [0.05, 0.1) is 6.61 Å². The van der Waals surface area contributed by atoms with E-state index in [2.05, 4.69) is 20.7 Å². The Morgan fingerprint density at radius 2 is 1.18 bits per heavy atom. The zero-order chi connectivity index (χ0) is 14.1. The number of alkyl halides is 10. The van der Waals surface area contributed by atoms with Crippen molar-refractivity contribution in [3.05, 3.63) is 0 Å². The van der Waals surface area contributed by atoms with Gasteiger partial charge in [0.1, 0.15) is 0 Å². The minimum absolute atomic E-state index is 0.448. The minimum atomic E-state index is -6.91. The molecule has 0 aliphatic heterocycles. The standard InChI is InChI=1S/C6H4BrF9O/c7-1-2-17-6(15,16)4(10,11)3(8,9)5(12,13)14/h1-2H2. The maximum Gasteiger partial charge on any atom is 0.460 e. The van der Waals surface area contributed by atoms with Gasteiger partial charge in [-0.05, 0) is 0 Å². The zero-order valence-electron chi connectivity index (χ0n) is 7.60. The topological polar surface area (TPSA) is 9.23 Å². The molecule has 0 amide bonds. The molecule has 0 atom stereocenters. The largest absolute Gasteiger partial charge is 0.460 e. The molecule has 0 aromatic rings. The van der Waals surface area contributed by atoms with Crippen molar-refractivity contribution in [1.29, 1.82) is 0 Å². The lowest BCUT2D eigenvalue weighted by molar-refractivity contribution is -0.443. The number of ether oxygens (including phenoxy) is 1. The number of hydrogen-bond donors (Lipinski definition) is 0. The van der Waals surface area contributed by atoms with Crippen molar-refractivity contribution in [2.24, 2.45) is 0 Å². The smallest absolute Gasteiger partial charge is 0.315 e. The van der Waals surface area contributed by atoms with Crippen molar-refractivity contribution in [2.75, 3.05) is 11.9 Å². The first-order valence-electron chi connectivity index (χ1n) is 3.71. The zero-order valence-corrected chi connectivity index (χ0v) is 9.19. The Bertz CT molecular complexity index is 261. The summed E-state index contributed by atoms with van der Waals surface area (Å²) in [6, 6.07) is 0. The maximum absolute atomic E-state index is 12.4. The van der Waals surface area contributed by atoms with Crippen molar-refractivity contribution >= 4 is 15.9 Å². The monoisotopic (exact) mass is 342 g/mol. The van der Waals surface area contributed by atoms with Gasteiger partial charge in [-0.2, -0.15) is 39.5 Å². The van der Waals surface area contributed by atoms with Crippen molar-refractivity contribution < 1.29 is 44.3 Å². The summed E-state index contributed by atoms with van der Waals surface area (Å²) in [7, 11) is 0. The predicted molar refractivity (Wildman–Crippen MR) is 40.6 cm³/mol. The highest BCUT2D eigenvalue weighted by Gasteiger charge is 2.82. The molecule has 104 valence electrons. The molecular weight excluding hydrogens is 339 g/mol. The molecule has 0 saturated heterocycles. The van der Waals surface area contributed by atoms with Crippen LogP contribution in [0.15, 0.2) is 0 Å². The second-order valence-corrected chi connectivity index (χ2v) is 3.49. The van der Waals surface area contributed by atoms with Gasteiger partial charge in [-0.1, -0.05) is 15.9 Å². The normalized spacial score (nSPS) is 15.2. The van der Waals surface area contributed by atoms with Crippen LogP contribution in [0.25, 0.3) is 0 Å². The van der Waals surface area contributed by atoms with Crippen LogP contribution in [0.2, 0.25) is 0 Å². The number of hydrogen-bond acceptors (Lipinski definition) is 1. The number of halogens is 10. The van der Waals surface area contributed by atoms with Crippen LogP contribution in [0.5, 0.6) is 0 Å². The van der Waals surface area contributed by atoms with Gasteiger partial charge in [0.25, 0.3) is 0 Å². The summed E-state index contributed by atoms with van der Waals surface area (Å²) in [5.74, 6) is -13.6. The van der Waals surface area contributed by atoms with Crippen LogP contribution in [0.3, 0.4) is 0 Å². The molecule has 0 fully saturated rings. The van der Waals surface area contributed by atoms with Crippen LogP contribution in [0.1, 0.15) is 0 Å². The first-order valence-corrected chi connectivity index (χ1v) is 4.83. The maximum atomic E-state index is 12.4. The highest BCUT2D eigenvalue weighted by molar-refractivity contribution is 9.09. The van der Waals surface area contributed by atoms with E-state index in [1.807, 2.05) is 0 Å². The fourth-order valence-electron chi connectivity index (χ4n) is 0.618. The molecule has 0 rings (SSSR count). The first-order chi connectivity index (χ1) is 7.31. The minimum Gasteiger partial charge on any atom is -0.315 e. The average Bonchev–Trinajstić information content (AvgIpc) is 2.12. The van der Waals surface area contributed by atoms with Crippen molar-refractivity contribution in [3.8, 4) is 0 Å². The van der Waals surface area contributed by atoms with E-state index >= 15 is 0 Å². The first kappa shape index (κ1) is 16.8. The van der Waals surface area contributed by atoms with Crippen molar-refractivity contribution in [2.45, 2.75) is 24.1 Å². The lowest BCUT2D eigenvalue weighted by atomic mass is 10.1. The fraction of sp³-hybridized carbons (Fsp3) is 1.00. The molecule has 0 aromatic heterocycles. The molecule has 0 spiro atoms. The fourth-order valence-corrected chi connectivity index (χ4v) is 0.780. The van der Waals surface area contributed by atoms with Crippen LogP contribution in [0.4, 0.5) is 39.5 Å². The van der Waals surface area contributed by atoms with Gasteiger partial charge in [-0.15, -0.1) is 0 Å². The lowest BCUT2D eigenvalue weighted by Gasteiger charge is -2.32. The third kappa shape index (κ3) is 2.98. The van der Waals surface area contributed by atoms with E-state index in [9.17, 15) is 39.5 Å². The molecule has 0 unspecified atom stereocenters. The van der Waals surface area contributed by atoms with Crippen LogP contribution >= 0.6 is 15.9 Å². The molecule has 0 aliphatic rings. The summed E-state index contributed by atoms with van der Waals surface area (Å²) in [5.41, 5.74) is 0. The van der Waals surface area contributed by atoms with Gasteiger partial charge >= 0.3 is 24.1 Å². The Kier molecular flexibility index (Phi) is 4.77. The Labute approximate surface area is 97.0 Å². The Morgan fingerprint density at radius 3 is 1.47 bits per heavy atom. The van der Waals surface area contributed by atoms with Crippen LogP contribution in [-0.4, -0.2) is 36.1 Å². The van der Waals surface area contributed by atoms with Gasteiger partial charge in [0.15, 0.2) is 0 Å². The van der Waals surface area contributed by atoms with Crippen molar-refractivity contribution in [1.82, 2.24) is 0 Å². The van der Waals surface area contributed by atoms with Gasteiger partial charge in [-0.25, -0.2) is 0 Å². The molecule has 17 heavy (non-hydrogen) atoms. The quantitative estimate of drug-likeness (QED) is 0.545. The molecule has 0 radical (unpaired) electrons. The van der Waals surface area contributed by atoms with Crippen LogP contribution in [-0.2, 0) is 4.74 Å². The van der Waals surface area contributed by atoms with Crippen LogP contribution < -0.4 is 0 Å². The van der Waals surface area contributed by atoms with E-state index in [4.69, 9.17) is 0 Å². The Morgan fingerprint density at radius 1 is 0.765 bits per heavy atom. The molecule has 0 aliphatic carbocycles. The molecule has 0 N–H and O–H groups in total. The molecule has 0 saturated carbocycles. The second-order valence-electron chi connectivity index (χ2n) is 2.70. The molecular formula is C6H4BrF9O. The van der Waals surface area contributed by atoms with Crippen LogP contribution in [0, 0.1) is 0 Å². The highest BCUT2D eigenvalue weighted by atomic mass is 79.9. The average molecular weight is 343 g/mol. The molecule has 11 heteroatoms. The molecule has 0 heterocycles. The van der Waals surface area contributed by atoms with Gasteiger partial charge in [0, 0.05) is 5.33 Å². The third-order valence-corrected chi connectivity index (χ3v) is 1.80. The summed E-state index contributed by atoms with van der Waals surface area (Å²) in [6.07, 6.45) is -12.8.